The molecule has 2 aliphatic rings. The molecule has 0 bridgehead atoms. The maximum atomic E-state index is 12.0. The molecule has 0 spiro atoms. The molecule has 6 heteroatoms. The van der Waals surface area contributed by atoms with Gasteiger partial charge in [-0.25, -0.2) is 13.1 Å². The van der Waals surface area contributed by atoms with Crippen LogP contribution in [0.3, 0.4) is 0 Å². The predicted molar refractivity (Wildman–Crippen MR) is 115 cm³/mol. The first-order valence-electron chi connectivity index (χ1n) is 10.9. The highest BCUT2D eigenvalue weighted by Crippen LogP contribution is 2.29. The number of hydrogen-bond acceptors (Lipinski definition) is 4. The molecule has 0 unspecified atom stereocenters. The van der Waals surface area contributed by atoms with Crippen molar-refractivity contribution in [1.29, 1.82) is 0 Å². The van der Waals surface area contributed by atoms with E-state index in [1.807, 2.05) is 0 Å². The number of rotatable bonds is 8. The van der Waals surface area contributed by atoms with E-state index in [1.165, 1.54) is 36.9 Å². The predicted octanol–water partition coefficient (Wildman–Crippen LogP) is 4.61. The van der Waals surface area contributed by atoms with Gasteiger partial charge in [0.15, 0.2) is 0 Å². The van der Waals surface area contributed by atoms with Gasteiger partial charge in [0, 0.05) is 18.3 Å². The Morgan fingerprint density at radius 3 is 2.36 bits per heavy atom. The Morgan fingerprint density at radius 1 is 1.07 bits per heavy atom. The van der Waals surface area contributed by atoms with Gasteiger partial charge in [-0.1, -0.05) is 0 Å². The van der Waals surface area contributed by atoms with E-state index in [9.17, 15) is 8.42 Å². The monoisotopic (exact) mass is 408 g/mol. The second kappa shape index (κ2) is 9.49. The van der Waals surface area contributed by atoms with Crippen LogP contribution in [0.25, 0.3) is 0 Å². The van der Waals surface area contributed by atoms with Gasteiger partial charge in [-0.2, -0.15) is 0 Å². The van der Waals surface area contributed by atoms with Gasteiger partial charge in [-0.3, -0.25) is 0 Å². The minimum atomic E-state index is -3.17. The summed E-state index contributed by atoms with van der Waals surface area (Å²) in [5.74, 6) is 1.57. The van der Waals surface area contributed by atoms with Crippen molar-refractivity contribution >= 4 is 15.7 Å². The van der Waals surface area contributed by atoms with Crippen molar-refractivity contribution in [3.8, 4) is 5.75 Å². The van der Waals surface area contributed by atoms with Crippen LogP contribution in [0.2, 0.25) is 0 Å². The number of sulfonamides is 1. The number of nitrogens with one attached hydrogen (secondary N) is 2. The zero-order chi connectivity index (χ0) is 20.1. The molecule has 3 rings (SSSR count). The van der Waals surface area contributed by atoms with E-state index in [-0.39, 0.29) is 11.3 Å². The van der Waals surface area contributed by atoms with Gasteiger partial charge in [-0.15, -0.1) is 0 Å². The summed E-state index contributed by atoms with van der Waals surface area (Å²) in [6.07, 6.45) is 9.26. The largest absolute Gasteiger partial charge is 0.490 e. The molecular weight excluding hydrogens is 372 g/mol. The Bertz CT molecular complexity index is 734. The summed E-state index contributed by atoms with van der Waals surface area (Å²) in [7, 11) is -3.17. The van der Waals surface area contributed by atoms with Crippen molar-refractivity contribution < 1.29 is 13.2 Å². The summed E-state index contributed by atoms with van der Waals surface area (Å²) in [6, 6.07) is 6.43. The van der Waals surface area contributed by atoms with Gasteiger partial charge in [0.2, 0.25) is 10.0 Å². The van der Waals surface area contributed by atoms with Crippen molar-refractivity contribution in [2.45, 2.75) is 89.5 Å². The zero-order valence-electron chi connectivity index (χ0n) is 17.5. The fourth-order valence-electron chi connectivity index (χ4n) is 4.21. The molecule has 5 nitrogen and oxygen atoms in total. The minimum absolute atomic E-state index is 0.0948. The minimum Gasteiger partial charge on any atom is -0.490 e. The second-order valence-electron chi connectivity index (χ2n) is 8.81. The Morgan fingerprint density at radius 2 is 1.75 bits per heavy atom. The number of ether oxygens (including phenoxy) is 1. The maximum absolute atomic E-state index is 12.0. The molecule has 0 amide bonds. The molecule has 1 aromatic carbocycles. The third-order valence-corrected chi connectivity index (χ3v) is 8.09. The van der Waals surface area contributed by atoms with Crippen molar-refractivity contribution in [2.24, 2.45) is 5.92 Å². The summed E-state index contributed by atoms with van der Waals surface area (Å²) in [4.78, 5) is 0. The van der Waals surface area contributed by atoms with E-state index in [0.29, 0.717) is 12.0 Å². The summed E-state index contributed by atoms with van der Waals surface area (Å²) < 4.78 is 33.0. The lowest BCUT2D eigenvalue weighted by molar-refractivity contribution is 0.210. The Kier molecular flexibility index (Phi) is 7.26. The molecule has 2 aliphatic carbocycles. The standard InChI is InChI=1S/C22H36N2O3S/c1-16(2)28(25,26)24-19-10-8-18(9-11-19)15-23-22-13-12-21(14-17(22)3)27-20-6-4-5-7-20/h12-14,16,18-20,23-24H,4-11,15H2,1-3H3. The van der Waals surface area contributed by atoms with E-state index in [2.05, 4.69) is 35.2 Å². The van der Waals surface area contributed by atoms with E-state index < -0.39 is 10.0 Å². The van der Waals surface area contributed by atoms with Gasteiger partial charge in [0.05, 0.1) is 11.4 Å². The highest BCUT2D eigenvalue weighted by Gasteiger charge is 2.26. The quantitative estimate of drug-likeness (QED) is 0.659. The molecule has 0 atom stereocenters. The first-order chi connectivity index (χ1) is 13.3. The molecule has 0 aliphatic heterocycles. The smallest absolute Gasteiger partial charge is 0.214 e. The fraction of sp³-hybridized carbons (Fsp3) is 0.727. The van der Waals surface area contributed by atoms with Crippen LogP contribution < -0.4 is 14.8 Å². The zero-order valence-corrected chi connectivity index (χ0v) is 18.4. The Balaban J connectivity index is 1.43. The molecule has 1 aromatic rings. The van der Waals surface area contributed by atoms with Crippen molar-refractivity contribution in [1.82, 2.24) is 4.72 Å². The van der Waals surface area contributed by atoms with Crippen LogP contribution in [0.1, 0.15) is 70.8 Å². The SMILES string of the molecule is Cc1cc(OC2CCCC2)ccc1NCC1CCC(NS(=O)(=O)C(C)C)CC1. The van der Waals surface area contributed by atoms with Crippen LogP contribution in [0.15, 0.2) is 18.2 Å². The maximum Gasteiger partial charge on any atom is 0.214 e. The average molecular weight is 409 g/mol. The van der Waals surface area contributed by atoms with Crippen molar-refractivity contribution in [2.75, 3.05) is 11.9 Å². The van der Waals surface area contributed by atoms with Crippen LogP contribution in [0, 0.1) is 12.8 Å². The van der Waals surface area contributed by atoms with Crippen LogP contribution in [-0.4, -0.2) is 32.4 Å². The van der Waals surface area contributed by atoms with Crippen molar-refractivity contribution in [3.05, 3.63) is 23.8 Å². The molecule has 158 valence electrons. The van der Waals surface area contributed by atoms with Crippen LogP contribution in [0.5, 0.6) is 5.75 Å². The molecule has 0 aromatic heterocycles. The fourth-order valence-corrected chi connectivity index (χ4v) is 5.19. The highest BCUT2D eigenvalue weighted by atomic mass is 32.2. The molecule has 0 radical (unpaired) electrons. The molecule has 2 fully saturated rings. The van der Waals surface area contributed by atoms with E-state index in [0.717, 1.165) is 38.0 Å². The second-order valence-corrected chi connectivity index (χ2v) is 11.1. The van der Waals surface area contributed by atoms with Crippen LogP contribution >= 0.6 is 0 Å². The Labute approximate surface area is 170 Å². The van der Waals surface area contributed by atoms with Gasteiger partial charge in [0.1, 0.15) is 5.75 Å². The summed E-state index contributed by atoms with van der Waals surface area (Å²) in [5, 5.41) is 3.23. The molecule has 0 heterocycles. The normalized spacial score (nSPS) is 23.9. The van der Waals surface area contributed by atoms with Crippen molar-refractivity contribution in [3.63, 3.8) is 0 Å². The number of hydrogen-bond donors (Lipinski definition) is 2. The molecule has 0 saturated heterocycles. The topological polar surface area (TPSA) is 67.4 Å². The van der Waals surface area contributed by atoms with Gasteiger partial charge in [-0.05, 0) is 102 Å². The van der Waals surface area contributed by atoms with E-state index in [4.69, 9.17) is 4.74 Å². The van der Waals surface area contributed by atoms with Gasteiger partial charge in [0.25, 0.3) is 0 Å². The summed E-state index contributed by atoms with van der Waals surface area (Å²) in [5.41, 5.74) is 2.38. The van der Waals surface area contributed by atoms with Gasteiger partial charge < -0.3 is 10.1 Å². The van der Waals surface area contributed by atoms with Gasteiger partial charge >= 0.3 is 0 Å². The lowest BCUT2D eigenvalue weighted by atomic mass is 9.86. The molecule has 28 heavy (non-hydrogen) atoms. The third-order valence-electron chi connectivity index (χ3n) is 6.18. The molecular formula is C22H36N2O3S. The first kappa shape index (κ1) is 21.4. The Hall–Kier alpha value is -1.27. The third kappa shape index (κ3) is 5.86. The molecule has 2 N–H and O–H groups in total. The number of benzene rings is 1. The lowest BCUT2D eigenvalue weighted by Crippen LogP contribution is -2.41. The lowest BCUT2D eigenvalue weighted by Gasteiger charge is -2.30. The summed E-state index contributed by atoms with van der Waals surface area (Å²) >= 11 is 0. The number of aryl methyl sites for hydroxylation is 1. The van der Waals surface area contributed by atoms with Crippen LogP contribution in [0.4, 0.5) is 5.69 Å². The highest BCUT2D eigenvalue weighted by molar-refractivity contribution is 7.90. The van der Waals surface area contributed by atoms with E-state index >= 15 is 0 Å². The van der Waals surface area contributed by atoms with Crippen LogP contribution in [-0.2, 0) is 10.0 Å². The molecule has 2 saturated carbocycles. The van der Waals surface area contributed by atoms with E-state index in [1.54, 1.807) is 13.8 Å². The number of anilines is 1. The first-order valence-corrected chi connectivity index (χ1v) is 12.4. The average Bonchev–Trinajstić information content (AvgIpc) is 3.15. The summed E-state index contributed by atoms with van der Waals surface area (Å²) in [6.45, 7) is 6.52.